The van der Waals surface area contributed by atoms with Gasteiger partial charge in [0.2, 0.25) is 5.91 Å². The summed E-state index contributed by atoms with van der Waals surface area (Å²) in [5.74, 6) is -0.626. The van der Waals surface area contributed by atoms with Gasteiger partial charge in [-0.05, 0) is 42.4 Å². The van der Waals surface area contributed by atoms with E-state index in [-0.39, 0.29) is 33.5 Å². The molecule has 1 heterocycles. The second-order valence-corrected chi connectivity index (χ2v) is 10.4. The van der Waals surface area contributed by atoms with Crippen molar-refractivity contribution < 1.29 is 9.59 Å². The summed E-state index contributed by atoms with van der Waals surface area (Å²) >= 11 is 13.4. The number of rotatable bonds is 7. The molecule has 178 valence electrons. The minimum absolute atomic E-state index is 0.0650. The van der Waals surface area contributed by atoms with E-state index in [1.807, 2.05) is 61.5 Å². The molecule has 2 amide bonds. The van der Waals surface area contributed by atoms with Crippen LogP contribution in [0.15, 0.2) is 54.6 Å². The Balaban J connectivity index is 1.75. The Bertz CT molecular complexity index is 1130. The van der Waals surface area contributed by atoms with Gasteiger partial charge in [0, 0.05) is 12.6 Å². The van der Waals surface area contributed by atoms with Crippen molar-refractivity contribution in [1.82, 2.24) is 14.6 Å². The third-order valence-corrected chi connectivity index (χ3v) is 7.77. The zero-order valence-corrected chi connectivity index (χ0v) is 21.3. The largest absolute Gasteiger partial charge is 0.351 e. The van der Waals surface area contributed by atoms with Gasteiger partial charge in [-0.15, -0.1) is 0 Å². The van der Waals surface area contributed by atoms with Gasteiger partial charge in [0.05, 0.1) is 0 Å². The van der Waals surface area contributed by atoms with E-state index in [9.17, 15) is 9.59 Å². The highest BCUT2D eigenvalue weighted by molar-refractivity contribution is 7.11. The third-order valence-electron chi connectivity index (χ3n) is 6.16. The summed E-state index contributed by atoms with van der Waals surface area (Å²) in [6, 6.07) is 16.6. The van der Waals surface area contributed by atoms with Gasteiger partial charge < -0.3 is 10.2 Å². The van der Waals surface area contributed by atoms with E-state index >= 15 is 0 Å². The van der Waals surface area contributed by atoms with E-state index in [0.29, 0.717) is 0 Å². The lowest BCUT2D eigenvalue weighted by molar-refractivity contribution is -0.127. The fraction of sp³-hybridized carbons (Fsp3) is 0.346. The molecule has 8 heteroatoms. The smallest absolute Gasteiger partial charge is 0.276 e. The zero-order valence-electron chi connectivity index (χ0n) is 19.0. The van der Waals surface area contributed by atoms with Crippen molar-refractivity contribution in [3.8, 4) is 0 Å². The molecule has 1 aromatic heterocycles. The molecule has 0 spiro atoms. The molecule has 1 aliphatic carbocycles. The number of aromatic nitrogens is 1. The van der Waals surface area contributed by atoms with Crippen LogP contribution in [0.4, 0.5) is 0 Å². The number of amides is 2. The van der Waals surface area contributed by atoms with E-state index in [1.165, 1.54) is 6.42 Å². The van der Waals surface area contributed by atoms with Crippen molar-refractivity contribution >= 4 is 46.5 Å². The van der Waals surface area contributed by atoms with Gasteiger partial charge in [-0.1, -0.05) is 103 Å². The number of nitrogens with zero attached hydrogens (tertiary/aromatic N) is 2. The molecule has 0 aliphatic heterocycles. The number of hydrogen-bond donors (Lipinski definition) is 1. The van der Waals surface area contributed by atoms with Crippen LogP contribution in [-0.4, -0.2) is 27.1 Å². The van der Waals surface area contributed by atoms with Crippen molar-refractivity contribution in [1.29, 1.82) is 0 Å². The topological polar surface area (TPSA) is 62.3 Å². The van der Waals surface area contributed by atoms with Crippen LogP contribution in [0.2, 0.25) is 9.36 Å². The van der Waals surface area contributed by atoms with Crippen LogP contribution in [0.25, 0.3) is 0 Å². The second kappa shape index (κ2) is 11.3. The van der Waals surface area contributed by atoms with Gasteiger partial charge in [0.15, 0.2) is 5.69 Å². The Morgan fingerprint density at radius 3 is 2.35 bits per heavy atom. The minimum atomic E-state index is -0.841. The van der Waals surface area contributed by atoms with Crippen molar-refractivity contribution in [2.75, 3.05) is 0 Å². The molecule has 1 saturated carbocycles. The molecule has 4 rings (SSSR count). The van der Waals surface area contributed by atoms with Crippen molar-refractivity contribution in [3.63, 3.8) is 0 Å². The van der Waals surface area contributed by atoms with Gasteiger partial charge in [-0.25, -0.2) is 0 Å². The lowest BCUT2D eigenvalue weighted by Crippen LogP contribution is -2.47. The Morgan fingerprint density at radius 2 is 1.74 bits per heavy atom. The van der Waals surface area contributed by atoms with E-state index in [1.54, 1.807) is 4.90 Å². The molecule has 0 saturated heterocycles. The summed E-state index contributed by atoms with van der Waals surface area (Å²) in [7, 11) is 0. The third kappa shape index (κ3) is 5.80. The number of nitrogens with one attached hydrogen (secondary N) is 1. The molecule has 3 aromatic rings. The van der Waals surface area contributed by atoms with E-state index in [0.717, 1.165) is 53.9 Å². The van der Waals surface area contributed by atoms with Crippen LogP contribution < -0.4 is 5.32 Å². The Morgan fingerprint density at radius 1 is 1.06 bits per heavy atom. The van der Waals surface area contributed by atoms with Gasteiger partial charge in [-0.2, -0.15) is 4.37 Å². The van der Waals surface area contributed by atoms with E-state index in [2.05, 4.69) is 9.69 Å². The van der Waals surface area contributed by atoms with Gasteiger partial charge in [-0.3, -0.25) is 9.59 Å². The average molecular weight is 516 g/mol. The Kier molecular flexibility index (Phi) is 8.24. The first-order valence-electron chi connectivity index (χ1n) is 11.5. The molecule has 2 aromatic carbocycles. The van der Waals surface area contributed by atoms with Crippen LogP contribution in [-0.2, 0) is 11.3 Å². The lowest BCUT2D eigenvalue weighted by atomic mass is 9.94. The molecule has 34 heavy (non-hydrogen) atoms. The quantitative estimate of drug-likeness (QED) is 0.385. The number of aryl methyl sites for hydroxylation is 1. The summed E-state index contributed by atoms with van der Waals surface area (Å²) in [6.07, 6.45) is 5.29. The second-order valence-electron chi connectivity index (χ2n) is 8.69. The first kappa shape index (κ1) is 24.7. The monoisotopic (exact) mass is 515 g/mol. The molecular weight excluding hydrogens is 489 g/mol. The van der Waals surface area contributed by atoms with Gasteiger partial charge in [0.25, 0.3) is 5.91 Å². The molecular formula is C26H27Cl2N3O2S. The van der Waals surface area contributed by atoms with Crippen LogP contribution >= 0.6 is 34.7 Å². The predicted molar refractivity (Wildman–Crippen MR) is 137 cm³/mol. The first-order valence-corrected chi connectivity index (χ1v) is 13.0. The molecule has 1 aliphatic rings. The fourth-order valence-corrected chi connectivity index (χ4v) is 5.32. The highest BCUT2D eigenvalue weighted by Crippen LogP contribution is 2.33. The standard InChI is InChI=1S/C26H27Cl2N3O2S/c1-17-12-14-19(15-13-17)23(25(32)29-20-10-6-3-7-11-20)31(16-18-8-4-2-5-9-18)26(33)22-21(27)24(28)34-30-22/h2,4-5,8-9,12-15,20,23H,3,6-7,10-11,16H2,1H3,(H,29,32)/t23-/m0/s1. The Labute approximate surface area is 214 Å². The van der Waals surface area contributed by atoms with Crippen molar-refractivity contribution in [2.45, 2.75) is 57.7 Å². The molecule has 0 radical (unpaired) electrons. The first-order chi connectivity index (χ1) is 16.4. The maximum Gasteiger partial charge on any atom is 0.276 e. The van der Waals surface area contributed by atoms with Crippen LogP contribution in [0, 0.1) is 6.92 Å². The summed E-state index contributed by atoms with van der Waals surface area (Å²) < 4.78 is 4.45. The van der Waals surface area contributed by atoms with Crippen LogP contribution in [0.3, 0.4) is 0 Å². The fourth-order valence-electron chi connectivity index (χ4n) is 4.34. The summed E-state index contributed by atoms with van der Waals surface area (Å²) in [4.78, 5) is 29.1. The Hall–Kier alpha value is -2.41. The number of hydrogen-bond acceptors (Lipinski definition) is 4. The van der Waals surface area contributed by atoms with Crippen molar-refractivity contribution in [3.05, 3.63) is 86.3 Å². The SMILES string of the molecule is Cc1ccc([C@@H](C(=O)NC2CCCCC2)N(Cc2ccccc2)C(=O)c2nsc(Cl)c2Cl)cc1. The van der Waals surface area contributed by atoms with Gasteiger partial charge in [0.1, 0.15) is 15.4 Å². The summed E-state index contributed by atoms with van der Waals surface area (Å²) in [6.45, 7) is 2.21. The average Bonchev–Trinajstić information content (AvgIpc) is 3.18. The van der Waals surface area contributed by atoms with E-state index in [4.69, 9.17) is 23.2 Å². The number of benzene rings is 2. The molecule has 0 unspecified atom stereocenters. The molecule has 0 bridgehead atoms. The predicted octanol–water partition coefficient (Wildman–Crippen LogP) is 6.59. The highest BCUT2D eigenvalue weighted by Gasteiger charge is 2.35. The zero-order chi connectivity index (χ0) is 24.1. The number of carbonyl (C=O) groups is 2. The number of halogens is 2. The number of carbonyl (C=O) groups excluding carboxylic acids is 2. The van der Waals surface area contributed by atoms with E-state index < -0.39 is 11.9 Å². The van der Waals surface area contributed by atoms with Crippen LogP contribution in [0.1, 0.15) is 65.3 Å². The van der Waals surface area contributed by atoms with Crippen LogP contribution in [0.5, 0.6) is 0 Å². The molecule has 1 fully saturated rings. The minimum Gasteiger partial charge on any atom is -0.351 e. The summed E-state index contributed by atoms with van der Waals surface area (Å²) in [5, 5.41) is 3.33. The molecule has 1 atom stereocenters. The maximum absolute atomic E-state index is 13.8. The lowest BCUT2D eigenvalue weighted by Gasteiger charge is -2.33. The molecule has 5 nitrogen and oxygen atoms in total. The maximum atomic E-state index is 13.8. The normalized spacial score (nSPS) is 15.0. The van der Waals surface area contributed by atoms with Crippen molar-refractivity contribution in [2.24, 2.45) is 0 Å². The summed E-state index contributed by atoms with van der Waals surface area (Å²) in [5.41, 5.74) is 2.78. The van der Waals surface area contributed by atoms with Gasteiger partial charge >= 0.3 is 0 Å². The molecule has 1 N–H and O–H groups in total. The highest BCUT2D eigenvalue weighted by atomic mass is 35.5.